The van der Waals surface area contributed by atoms with Gasteiger partial charge in [0.1, 0.15) is 7.11 Å². The SMILES string of the molecule is CO/N=C/C1CC(=O)N1C(=O)NC(C)c1ccccc1. The molecule has 1 fully saturated rings. The predicted molar refractivity (Wildman–Crippen MR) is 74.1 cm³/mol. The maximum atomic E-state index is 12.1. The Morgan fingerprint density at radius 3 is 2.80 bits per heavy atom. The van der Waals surface area contributed by atoms with Crippen molar-refractivity contribution in [3.05, 3.63) is 35.9 Å². The number of likely N-dealkylation sites (tertiary alicyclic amines) is 1. The smallest absolute Gasteiger partial charge is 0.325 e. The average Bonchev–Trinajstić information content (AvgIpc) is 2.43. The summed E-state index contributed by atoms with van der Waals surface area (Å²) in [5, 5.41) is 6.40. The summed E-state index contributed by atoms with van der Waals surface area (Å²) in [6.07, 6.45) is 1.73. The van der Waals surface area contributed by atoms with Gasteiger partial charge < -0.3 is 10.2 Å². The third-order valence-corrected chi connectivity index (χ3v) is 3.18. The minimum atomic E-state index is -0.412. The molecule has 1 N–H and O–H groups in total. The highest BCUT2D eigenvalue weighted by molar-refractivity contribution is 6.04. The number of β-lactam (4-membered cyclic amide) rings is 1. The number of hydrogen-bond acceptors (Lipinski definition) is 4. The number of oxime groups is 1. The lowest BCUT2D eigenvalue weighted by Gasteiger charge is -2.36. The minimum Gasteiger partial charge on any atom is -0.399 e. The van der Waals surface area contributed by atoms with Crippen molar-refractivity contribution in [1.29, 1.82) is 0 Å². The van der Waals surface area contributed by atoms with Gasteiger partial charge in [0.25, 0.3) is 0 Å². The Morgan fingerprint density at radius 2 is 2.20 bits per heavy atom. The Labute approximate surface area is 117 Å². The molecule has 0 radical (unpaired) electrons. The second kappa shape index (κ2) is 6.18. The molecule has 0 spiro atoms. The molecule has 1 aliphatic rings. The number of urea groups is 1. The Kier molecular flexibility index (Phi) is 4.34. The average molecular weight is 275 g/mol. The van der Waals surface area contributed by atoms with Gasteiger partial charge in [-0.25, -0.2) is 4.79 Å². The van der Waals surface area contributed by atoms with Gasteiger partial charge in [-0.3, -0.25) is 9.69 Å². The molecule has 0 aliphatic carbocycles. The van der Waals surface area contributed by atoms with E-state index < -0.39 is 6.03 Å². The lowest BCUT2D eigenvalue weighted by atomic mass is 10.0. The summed E-state index contributed by atoms with van der Waals surface area (Å²) >= 11 is 0. The molecule has 1 heterocycles. The molecule has 2 atom stereocenters. The first kappa shape index (κ1) is 14.0. The third kappa shape index (κ3) is 2.96. The van der Waals surface area contributed by atoms with Crippen LogP contribution in [-0.2, 0) is 9.63 Å². The first-order valence-electron chi connectivity index (χ1n) is 6.37. The molecule has 1 aromatic rings. The summed E-state index contributed by atoms with van der Waals surface area (Å²) in [7, 11) is 1.42. The molecule has 6 heteroatoms. The predicted octanol–water partition coefficient (Wildman–Crippen LogP) is 1.69. The number of carbonyl (C=O) groups is 2. The zero-order chi connectivity index (χ0) is 14.5. The van der Waals surface area contributed by atoms with E-state index in [1.54, 1.807) is 0 Å². The first-order valence-corrected chi connectivity index (χ1v) is 6.37. The number of benzene rings is 1. The highest BCUT2D eigenvalue weighted by atomic mass is 16.6. The number of nitrogens with one attached hydrogen (secondary N) is 1. The van der Waals surface area contributed by atoms with Gasteiger partial charge in [-0.1, -0.05) is 35.5 Å². The van der Waals surface area contributed by atoms with Gasteiger partial charge in [-0.15, -0.1) is 0 Å². The van der Waals surface area contributed by atoms with Gasteiger partial charge in [0, 0.05) is 0 Å². The molecule has 1 saturated heterocycles. The van der Waals surface area contributed by atoms with Gasteiger partial charge in [-0.2, -0.15) is 0 Å². The second-order valence-corrected chi connectivity index (χ2v) is 4.55. The van der Waals surface area contributed by atoms with Crippen LogP contribution in [0.1, 0.15) is 24.9 Å². The number of hydrogen-bond donors (Lipinski definition) is 1. The molecule has 2 rings (SSSR count). The Hall–Kier alpha value is -2.37. The van der Waals surface area contributed by atoms with Crippen molar-refractivity contribution in [2.75, 3.05) is 7.11 Å². The number of imide groups is 1. The fraction of sp³-hybridized carbons (Fsp3) is 0.357. The third-order valence-electron chi connectivity index (χ3n) is 3.18. The van der Waals surface area contributed by atoms with Crippen LogP contribution in [0.15, 0.2) is 35.5 Å². The van der Waals surface area contributed by atoms with Crippen LogP contribution in [0.2, 0.25) is 0 Å². The molecular formula is C14H17N3O3. The van der Waals surface area contributed by atoms with E-state index in [1.165, 1.54) is 13.3 Å². The van der Waals surface area contributed by atoms with Crippen molar-refractivity contribution in [3.8, 4) is 0 Å². The summed E-state index contributed by atoms with van der Waals surface area (Å²) in [5.74, 6) is -0.213. The van der Waals surface area contributed by atoms with Crippen LogP contribution >= 0.6 is 0 Å². The van der Waals surface area contributed by atoms with E-state index in [9.17, 15) is 9.59 Å². The molecule has 0 saturated carbocycles. The quantitative estimate of drug-likeness (QED) is 0.516. The molecule has 3 amide bonds. The maximum absolute atomic E-state index is 12.1. The van der Waals surface area contributed by atoms with Crippen molar-refractivity contribution in [1.82, 2.24) is 10.2 Å². The van der Waals surface area contributed by atoms with Gasteiger partial charge >= 0.3 is 6.03 Å². The van der Waals surface area contributed by atoms with Crippen LogP contribution in [0.3, 0.4) is 0 Å². The number of nitrogens with zero attached hydrogens (tertiary/aromatic N) is 2. The fourth-order valence-corrected chi connectivity index (χ4v) is 2.04. The van der Waals surface area contributed by atoms with E-state index in [4.69, 9.17) is 0 Å². The lowest BCUT2D eigenvalue weighted by Crippen LogP contribution is -2.59. The van der Waals surface area contributed by atoms with Crippen molar-refractivity contribution < 1.29 is 14.4 Å². The Morgan fingerprint density at radius 1 is 1.50 bits per heavy atom. The van der Waals surface area contributed by atoms with Crippen LogP contribution in [-0.4, -0.2) is 36.2 Å². The van der Waals surface area contributed by atoms with Crippen LogP contribution < -0.4 is 5.32 Å². The monoisotopic (exact) mass is 275 g/mol. The zero-order valence-corrected chi connectivity index (χ0v) is 11.4. The first-order chi connectivity index (χ1) is 9.63. The largest absolute Gasteiger partial charge is 0.399 e. The van der Waals surface area contributed by atoms with Crippen LogP contribution in [0, 0.1) is 0 Å². The molecule has 2 unspecified atom stereocenters. The normalized spacial score (nSPS) is 19.6. The van der Waals surface area contributed by atoms with E-state index in [0.717, 1.165) is 10.5 Å². The molecule has 6 nitrogen and oxygen atoms in total. The summed E-state index contributed by atoms with van der Waals surface area (Å²) in [4.78, 5) is 29.3. The standard InChI is InChI=1S/C14H17N3O3/c1-10(11-6-4-3-5-7-11)16-14(19)17-12(8-13(17)18)9-15-20-2/h3-7,9-10,12H,8H2,1-2H3,(H,16,19)/b15-9+. The molecule has 106 valence electrons. The lowest BCUT2D eigenvalue weighted by molar-refractivity contribution is -0.137. The van der Waals surface area contributed by atoms with Gasteiger partial charge in [-0.05, 0) is 12.5 Å². The van der Waals surface area contributed by atoms with Gasteiger partial charge in [0.15, 0.2) is 0 Å². The van der Waals surface area contributed by atoms with Gasteiger partial charge in [0.05, 0.1) is 24.7 Å². The summed E-state index contributed by atoms with van der Waals surface area (Å²) in [6, 6.07) is 8.66. The molecule has 0 bridgehead atoms. The van der Waals surface area contributed by atoms with Crippen molar-refractivity contribution >= 4 is 18.2 Å². The topological polar surface area (TPSA) is 71.0 Å². The Bertz CT molecular complexity index is 516. The highest BCUT2D eigenvalue weighted by Crippen LogP contribution is 2.19. The molecule has 0 aromatic heterocycles. The summed E-state index contributed by atoms with van der Waals surface area (Å²) in [6.45, 7) is 1.87. The van der Waals surface area contributed by atoms with Crippen molar-refractivity contribution in [3.63, 3.8) is 0 Å². The van der Waals surface area contributed by atoms with Crippen molar-refractivity contribution in [2.24, 2.45) is 5.16 Å². The van der Waals surface area contributed by atoms with Crippen LogP contribution in [0.25, 0.3) is 0 Å². The molecule has 20 heavy (non-hydrogen) atoms. The number of amides is 3. The number of rotatable bonds is 4. The van der Waals surface area contributed by atoms with E-state index >= 15 is 0 Å². The molecule has 1 aliphatic heterocycles. The fourth-order valence-electron chi connectivity index (χ4n) is 2.04. The van der Waals surface area contributed by atoms with Crippen molar-refractivity contribution in [2.45, 2.75) is 25.4 Å². The van der Waals surface area contributed by atoms with Gasteiger partial charge in [0.2, 0.25) is 5.91 Å². The summed E-state index contributed by atoms with van der Waals surface area (Å²) in [5.41, 5.74) is 0.982. The van der Waals surface area contributed by atoms with E-state index in [1.807, 2.05) is 37.3 Å². The number of carbonyl (C=O) groups excluding carboxylic acids is 2. The summed E-state index contributed by atoms with van der Waals surface area (Å²) < 4.78 is 0. The van der Waals surface area contributed by atoms with Crippen LogP contribution in [0.4, 0.5) is 4.79 Å². The Balaban J connectivity index is 1.97. The molecule has 1 aromatic carbocycles. The van der Waals surface area contributed by atoms with E-state index in [2.05, 4.69) is 15.3 Å². The zero-order valence-electron chi connectivity index (χ0n) is 11.4. The van der Waals surface area contributed by atoms with E-state index in [-0.39, 0.29) is 24.4 Å². The molecular weight excluding hydrogens is 258 g/mol. The maximum Gasteiger partial charge on any atom is 0.325 e. The second-order valence-electron chi connectivity index (χ2n) is 4.55. The van der Waals surface area contributed by atoms with E-state index in [0.29, 0.717) is 0 Å². The minimum absolute atomic E-state index is 0.169. The van der Waals surface area contributed by atoms with Crippen LogP contribution in [0.5, 0.6) is 0 Å². The highest BCUT2D eigenvalue weighted by Gasteiger charge is 2.40.